The number of allylic oxidation sites excluding steroid dienone is 4. The first kappa shape index (κ1) is 16.1. The number of hydrogen-bond acceptors (Lipinski definition) is 2. The van der Waals surface area contributed by atoms with Crippen LogP contribution in [0.5, 0.6) is 0 Å². The predicted molar refractivity (Wildman–Crippen MR) is 101 cm³/mol. The molecule has 0 aromatic carbocycles. The van der Waals surface area contributed by atoms with Gasteiger partial charge in [-0.15, -0.1) is 0 Å². The Morgan fingerprint density at radius 1 is 1.12 bits per heavy atom. The number of fused-ring (bicyclic) bond motifs is 9. The van der Waals surface area contributed by atoms with Crippen molar-refractivity contribution < 1.29 is 9.53 Å². The van der Waals surface area contributed by atoms with Crippen molar-refractivity contribution >= 4 is 5.78 Å². The van der Waals surface area contributed by atoms with E-state index in [0.717, 1.165) is 36.5 Å². The van der Waals surface area contributed by atoms with Crippen LogP contribution in [0.3, 0.4) is 0 Å². The zero-order valence-electron chi connectivity index (χ0n) is 16.5. The summed E-state index contributed by atoms with van der Waals surface area (Å²) in [5.74, 6) is 4.26. The molecule has 4 unspecified atom stereocenters. The largest absolute Gasteiger partial charge is 0.371 e. The molecule has 2 nitrogen and oxygen atoms in total. The van der Waals surface area contributed by atoms with Crippen molar-refractivity contribution in [3.8, 4) is 0 Å². The van der Waals surface area contributed by atoms with E-state index in [2.05, 4.69) is 32.9 Å². The molecule has 1 spiro atoms. The molecule has 2 heteroatoms. The van der Waals surface area contributed by atoms with Gasteiger partial charge in [-0.1, -0.05) is 26.0 Å². The van der Waals surface area contributed by atoms with Crippen LogP contribution in [0.4, 0.5) is 0 Å². The van der Waals surface area contributed by atoms with E-state index >= 15 is 0 Å². The molecule has 6 rings (SSSR count). The van der Waals surface area contributed by atoms with E-state index in [1.54, 1.807) is 0 Å². The fourth-order valence-corrected chi connectivity index (χ4v) is 8.69. The topological polar surface area (TPSA) is 26.3 Å². The Bertz CT molecular complexity index is 749. The van der Waals surface area contributed by atoms with Gasteiger partial charge in [0.2, 0.25) is 0 Å². The second kappa shape index (κ2) is 4.74. The summed E-state index contributed by atoms with van der Waals surface area (Å²) in [6.45, 7) is 7.33. The second-order valence-corrected chi connectivity index (χ2v) is 10.9. The van der Waals surface area contributed by atoms with Gasteiger partial charge in [-0.25, -0.2) is 0 Å². The summed E-state index contributed by atoms with van der Waals surface area (Å²) in [5.41, 5.74) is 2.09. The van der Waals surface area contributed by atoms with Crippen LogP contribution in [0.1, 0.15) is 65.7 Å². The third kappa shape index (κ3) is 1.68. The molecule has 1 heterocycles. The van der Waals surface area contributed by atoms with Crippen molar-refractivity contribution in [1.82, 2.24) is 0 Å². The lowest BCUT2D eigenvalue weighted by Gasteiger charge is -2.59. The summed E-state index contributed by atoms with van der Waals surface area (Å²) in [5, 5.41) is 0. The van der Waals surface area contributed by atoms with Gasteiger partial charge in [0.05, 0.1) is 11.7 Å². The Morgan fingerprint density at radius 3 is 2.73 bits per heavy atom. The molecule has 0 amide bonds. The average Bonchev–Trinajstić information content (AvgIpc) is 3.24. The molecule has 0 aromatic heterocycles. The number of rotatable bonds is 0. The normalized spacial score (nSPS) is 59.5. The minimum Gasteiger partial charge on any atom is -0.371 e. The van der Waals surface area contributed by atoms with Gasteiger partial charge in [0.25, 0.3) is 0 Å². The molecule has 0 bridgehead atoms. The van der Waals surface area contributed by atoms with Gasteiger partial charge in [-0.05, 0) is 92.1 Å². The van der Waals surface area contributed by atoms with Crippen LogP contribution in [0.25, 0.3) is 0 Å². The van der Waals surface area contributed by atoms with Crippen LogP contribution in [0, 0.1) is 40.4 Å². The minimum absolute atomic E-state index is 0.181. The third-order valence-electron chi connectivity index (χ3n) is 9.97. The summed E-state index contributed by atoms with van der Waals surface area (Å²) < 4.78 is 6.78. The van der Waals surface area contributed by atoms with Crippen molar-refractivity contribution in [1.29, 1.82) is 0 Å². The number of ether oxygens (including phenoxy) is 1. The molecule has 0 N–H and O–H groups in total. The van der Waals surface area contributed by atoms with Gasteiger partial charge >= 0.3 is 0 Å². The van der Waals surface area contributed by atoms with Crippen molar-refractivity contribution in [2.24, 2.45) is 40.4 Å². The molecule has 6 aliphatic rings. The maximum Gasteiger partial charge on any atom is 0.156 e. The zero-order chi connectivity index (χ0) is 17.9. The summed E-state index contributed by atoms with van der Waals surface area (Å²) in [6.07, 6.45) is 15.6. The van der Waals surface area contributed by atoms with Crippen molar-refractivity contribution in [2.75, 3.05) is 0 Å². The van der Waals surface area contributed by atoms with Gasteiger partial charge in [0, 0.05) is 11.8 Å². The molecule has 26 heavy (non-hydrogen) atoms. The first-order chi connectivity index (χ1) is 12.4. The van der Waals surface area contributed by atoms with E-state index in [4.69, 9.17) is 4.74 Å². The Morgan fingerprint density at radius 2 is 1.96 bits per heavy atom. The highest BCUT2D eigenvalue weighted by molar-refractivity contribution is 5.92. The first-order valence-corrected chi connectivity index (χ1v) is 11.0. The van der Waals surface area contributed by atoms with Gasteiger partial charge in [-0.2, -0.15) is 0 Å². The van der Waals surface area contributed by atoms with E-state index in [9.17, 15) is 4.79 Å². The second-order valence-electron chi connectivity index (χ2n) is 10.9. The highest BCUT2D eigenvalue weighted by atomic mass is 16.5. The van der Waals surface area contributed by atoms with Crippen LogP contribution in [0.2, 0.25) is 0 Å². The lowest BCUT2D eigenvalue weighted by atomic mass is 9.47. The standard InChI is InChI=1S/C24H32O2/c1-14-6-11-24(26-14)20-13-18(20)21-17-5-4-15-12-16(25)7-9-22(15,2)19(17)8-10-23(21,24)3/h4-5,12,14,17-21H,6-11,13H2,1-3H3/t14?,17?,18-,19+,20+,21-,22?,23?,24+/m1/s1. The van der Waals surface area contributed by atoms with Gasteiger partial charge in [0.1, 0.15) is 0 Å². The molecule has 3 saturated carbocycles. The van der Waals surface area contributed by atoms with E-state index in [1.807, 2.05) is 6.08 Å². The van der Waals surface area contributed by atoms with E-state index < -0.39 is 0 Å². The maximum atomic E-state index is 12.0. The number of carbonyl (C=O) groups is 1. The van der Waals surface area contributed by atoms with Gasteiger partial charge in [0.15, 0.2) is 5.78 Å². The van der Waals surface area contributed by atoms with Crippen molar-refractivity contribution in [3.05, 3.63) is 23.8 Å². The zero-order valence-corrected chi connectivity index (χ0v) is 16.5. The monoisotopic (exact) mass is 352 g/mol. The van der Waals surface area contributed by atoms with Crippen LogP contribution >= 0.6 is 0 Å². The minimum atomic E-state index is 0.181. The molecule has 0 radical (unpaired) electrons. The van der Waals surface area contributed by atoms with Crippen molar-refractivity contribution in [2.45, 2.75) is 77.4 Å². The first-order valence-electron chi connectivity index (χ1n) is 11.0. The van der Waals surface area contributed by atoms with Crippen LogP contribution in [-0.2, 0) is 9.53 Å². The van der Waals surface area contributed by atoms with E-state index in [0.29, 0.717) is 23.2 Å². The smallest absolute Gasteiger partial charge is 0.156 e. The van der Waals surface area contributed by atoms with Crippen LogP contribution in [0.15, 0.2) is 23.8 Å². The molecule has 9 atom stereocenters. The van der Waals surface area contributed by atoms with Crippen LogP contribution in [-0.4, -0.2) is 17.5 Å². The molecule has 4 fully saturated rings. The molecule has 5 aliphatic carbocycles. The summed E-state index contributed by atoms with van der Waals surface area (Å²) in [7, 11) is 0. The maximum absolute atomic E-state index is 12.0. The average molecular weight is 353 g/mol. The Balaban J connectivity index is 1.43. The fraction of sp³-hybridized carbons (Fsp3) is 0.792. The van der Waals surface area contributed by atoms with Gasteiger partial charge < -0.3 is 4.74 Å². The number of ketones is 1. The predicted octanol–water partition coefficient (Wildman–Crippen LogP) is 5.09. The van der Waals surface area contributed by atoms with Gasteiger partial charge in [-0.3, -0.25) is 4.79 Å². The van der Waals surface area contributed by atoms with E-state index in [1.165, 1.54) is 37.7 Å². The molecule has 0 aromatic rings. The van der Waals surface area contributed by atoms with Crippen LogP contribution < -0.4 is 0 Å². The Labute approximate surface area is 157 Å². The highest BCUT2D eigenvalue weighted by Gasteiger charge is 2.77. The number of carbonyl (C=O) groups excluding carboxylic acids is 1. The third-order valence-corrected chi connectivity index (χ3v) is 9.97. The highest BCUT2D eigenvalue weighted by Crippen LogP contribution is 2.78. The Hall–Kier alpha value is -0.890. The fourth-order valence-electron chi connectivity index (χ4n) is 8.69. The molecular formula is C24H32O2. The molecule has 1 aliphatic heterocycles. The lowest BCUT2D eigenvalue weighted by Crippen LogP contribution is -2.56. The summed E-state index contributed by atoms with van der Waals surface area (Å²) >= 11 is 0. The number of hydrogen-bond donors (Lipinski definition) is 0. The molecule has 140 valence electrons. The lowest BCUT2D eigenvalue weighted by molar-refractivity contribution is -0.159. The Kier molecular flexibility index (Phi) is 2.94. The summed E-state index contributed by atoms with van der Waals surface area (Å²) in [4.78, 5) is 12.0. The molecular weight excluding hydrogens is 320 g/mol. The SMILES string of the molecule is CC1CC[C@]2(O1)[C@H]1C[C@H]1[C@H]1C3C=CC4=CC(=O)CCC4(C)[C@H]3CCC12C. The van der Waals surface area contributed by atoms with E-state index in [-0.39, 0.29) is 11.0 Å². The van der Waals surface area contributed by atoms with Crippen molar-refractivity contribution in [3.63, 3.8) is 0 Å². The molecule has 1 saturated heterocycles. The quantitative estimate of drug-likeness (QED) is 0.607. The summed E-state index contributed by atoms with van der Waals surface area (Å²) in [6, 6.07) is 0.